The molecule has 2 aromatic rings. The minimum absolute atomic E-state index is 0.0433. The minimum atomic E-state index is -0.612. The molecule has 2 aromatic carbocycles. The Morgan fingerprint density at radius 1 is 1.17 bits per heavy atom. The molecule has 3 rings (SSSR count). The molecule has 2 N–H and O–H groups in total. The van der Waals surface area contributed by atoms with Crippen molar-refractivity contribution in [2.24, 2.45) is 0 Å². The first-order valence-electron chi connectivity index (χ1n) is 9.80. The third kappa shape index (κ3) is 5.68. The summed E-state index contributed by atoms with van der Waals surface area (Å²) in [5.74, 6) is 0.713. The Labute approximate surface area is 170 Å². The summed E-state index contributed by atoms with van der Waals surface area (Å²) < 4.78 is 24.1. The van der Waals surface area contributed by atoms with Crippen LogP contribution in [0, 0.1) is 5.82 Å². The number of aliphatic hydroxyl groups is 1. The third-order valence-electron chi connectivity index (χ3n) is 5.19. The zero-order valence-corrected chi connectivity index (χ0v) is 16.9. The number of carbonyl (C=O) groups is 1. The molecule has 1 saturated heterocycles. The molecule has 29 heavy (non-hydrogen) atoms. The second-order valence-corrected chi connectivity index (χ2v) is 7.30. The molecule has 0 aromatic heterocycles. The van der Waals surface area contributed by atoms with E-state index in [4.69, 9.17) is 9.47 Å². The molecule has 0 aliphatic carbocycles. The van der Waals surface area contributed by atoms with E-state index in [0.29, 0.717) is 23.6 Å². The van der Waals surface area contributed by atoms with Crippen molar-refractivity contribution in [2.75, 3.05) is 51.3 Å². The number of halogens is 1. The maximum Gasteiger partial charge on any atom is 0.161 e. The summed E-state index contributed by atoms with van der Waals surface area (Å²) in [6.45, 7) is 5.74. The van der Waals surface area contributed by atoms with Gasteiger partial charge in [-0.3, -0.25) is 4.79 Å². The van der Waals surface area contributed by atoms with Gasteiger partial charge in [0, 0.05) is 11.3 Å². The number of ketones is 1. The number of nitrogens with zero attached hydrogens (tertiary/aromatic N) is 1. The number of nitrogens with one attached hydrogen (secondary N) is 1. The van der Waals surface area contributed by atoms with E-state index >= 15 is 0 Å². The highest BCUT2D eigenvalue weighted by Gasteiger charge is 2.23. The highest BCUT2D eigenvalue weighted by molar-refractivity contribution is 5.94. The van der Waals surface area contributed by atoms with E-state index in [1.54, 1.807) is 30.3 Å². The molecule has 1 atom stereocenters. The smallest absolute Gasteiger partial charge is 0.161 e. The zero-order chi connectivity index (χ0) is 20.8. The first kappa shape index (κ1) is 21.1. The lowest BCUT2D eigenvalue weighted by Gasteiger charge is -2.34. The summed E-state index contributed by atoms with van der Waals surface area (Å²) in [4.78, 5) is 15.0. The fourth-order valence-electron chi connectivity index (χ4n) is 3.52. The molecular weight excluding hydrogens is 375 g/mol. The van der Waals surface area contributed by atoms with Crippen LogP contribution in [-0.4, -0.2) is 63.4 Å². The number of carbonyl (C=O) groups excluding carboxylic acids is 1. The van der Waals surface area contributed by atoms with Crippen LogP contribution in [0.1, 0.15) is 17.3 Å². The van der Waals surface area contributed by atoms with Gasteiger partial charge in [-0.15, -0.1) is 0 Å². The van der Waals surface area contributed by atoms with Gasteiger partial charge in [0.05, 0.1) is 33.3 Å². The summed E-state index contributed by atoms with van der Waals surface area (Å²) in [7, 11) is 1.52. The number of hydrogen-bond donors (Lipinski definition) is 2. The Balaban J connectivity index is 1.46. The summed E-state index contributed by atoms with van der Waals surface area (Å²) >= 11 is 0. The average Bonchev–Trinajstić information content (AvgIpc) is 2.73. The van der Waals surface area contributed by atoms with Crippen molar-refractivity contribution in [3.8, 4) is 11.5 Å². The zero-order valence-electron chi connectivity index (χ0n) is 16.9. The van der Waals surface area contributed by atoms with Crippen LogP contribution in [0.2, 0.25) is 0 Å². The molecule has 0 unspecified atom stereocenters. The van der Waals surface area contributed by atoms with Crippen molar-refractivity contribution in [1.82, 2.24) is 0 Å². The predicted octanol–water partition coefficient (Wildman–Crippen LogP) is 1.18. The second-order valence-electron chi connectivity index (χ2n) is 7.30. The van der Waals surface area contributed by atoms with E-state index in [1.807, 2.05) is 0 Å². The SMILES string of the molecule is COc1cc(C(C)=O)ccc1OC[C@@H](O)C[NH+]1CCN(c2ccc(F)cc2)CC1. The number of Topliss-reactive ketones (excluding diaryl/α,β-unsaturated/α-hetero) is 1. The Kier molecular flexibility index (Phi) is 7.06. The molecule has 0 saturated carbocycles. The number of rotatable bonds is 8. The lowest BCUT2D eigenvalue weighted by Crippen LogP contribution is -3.16. The maximum absolute atomic E-state index is 13.1. The Hall–Kier alpha value is -2.64. The fourth-order valence-corrected chi connectivity index (χ4v) is 3.52. The number of aliphatic hydroxyl groups excluding tert-OH is 1. The number of piperazine rings is 1. The van der Waals surface area contributed by atoms with Crippen molar-refractivity contribution in [2.45, 2.75) is 13.0 Å². The molecule has 0 amide bonds. The number of ether oxygens (including phenoxy) is 2. The van der Waals surface area contributed by atoms with Crippen molar-refractivity contribution in [3.05, 3.63) is 53.8 Å². The number of anilines is 1. The van der Waals surface area contributed by atoms with E-state index in [9.17, 15) is 14.3 Å². The predicted molar refractivity (Wildman–Crippen MR) is 109 cm³/mol. The number of methoxy groups -OCH3 is 1. The summed E-state index contributed by atoms with van der Waals surface area (Å²) in [6.07, 6.45) is -0.612. The first-order valence-corrected chi connectivity index (χ1v) is 9.80. The van der Waals surface area contributed by atoms with Crippen LogP contribution in [0.5, 0.6) is 11.5 Å². The van der Waals surface area contributed by atoms with Crippen molar-refractivity contribution >= 4 is 11.5 Å². The van der Waals surface area contributed by atoms with Gasteiger partial charge in [0.25, 0.3) is 0 Å². The van der Waals surface area contributed by atoms with Crippen molar-refractivity contribution < 1.29 is 28.7 Å². The van der Waals surface area contributed by atoms with Gasteiger partial charge in [-0.05, 0) is 49.4 Å². The summed E-state index contributed by atoms with van der Waals surface area (Å²) in [6, 6.07) is 11.6. The average molecular weight is 403 g/mol. The largest absolute Gasteiger partial charge is 0.493 e. The maximum atomic E-state index is 13.1. The van der Waals surface area contributed by atoms with Gasteiger partial charge in [-0.1, -0.05) is 0 Å². The van der Waals surface area contributed by atoms with Crippen LogP contribution in [0.4, 0.5) is 10.1 Å². The highest BCUT2D eigenvalue weighted by atomic mass is 19.1. The van der Waals surface area contributed by atoms with Gasteiger partial charge in [-0.2, -0.15) is 0 Å². The van der Waals surface area contributed by atoms with Gasteiger partial charge in [0.2, 0.25) is 0 Å². The molecule has 1 aliphatic heterocycles. The van der Waals surface area contributed by atoms with Gasteiger partial charge in [0.1, 0.15) is 25.1 Å². The van der Waals surface area contributed by atoms with Crippen LogP contribution in [0.25, 0.3) is 0 Å². The molecule has 0 radical (unpaired) electrons. The topological polar surface area (TPSA) is 63.4 Å². The monoisotopic (exact) mass is 403 g/mol. The van der Waals surface area contributed by atoms with Gasteiger partial charge >= 0.3 is 0 Å². The Morgan fingerprint density at radius 3 is 2.48 bits per heavy atom. The van der Waals surface area contributed by atoms with Gasteiger partial charge < -0.3 is 24.4 Å². The lowest BCUT2D eigenvalue weighted by atomic mass is 10.1. The molecule has 6 nitrogen and oxygen atoms in total. The quantitative estimate of drug-likeness (QED) is 0.649. The van der Waals surface area contributed by atoms with Crippen LogP contribution in [-0.2, 0) is 0 Å². The van der Waals surface area contributed by atoms with Crippen LogP contribution in [0.15, 0.2) is 42.5 Å². The van der Waals surface area contributed by atoms with E-state index in [2.05, 4.69) is 4.90 Å². The van der Waals surface area contributed by atoms with Gasteiger partial charge in [0.15, 0.2) is 17.3 Å². The van der Waals surface area contributed by atoms with Crippen LogP contribution in [0.3, 0.4) is 0 Å². The minimum Gasteiger partial charge on any atom is -0.493 e. The molecule has 1 fully saturated rings. The molecule has 1 heterocycles. The highest BCUT2D eigenvalue weighted by Crippen LogP contribution is 2.28. The fraction of sp³-hybridized carbons (Fsp3) is 0.409. The molecule has 0 spiro atoms. The normalized spacial score (nSPS) is 15.8. The molecular formula is C22H28FN2O4+. The van der Waals surface area contributed by atoms with E-state index < -0.39 is 6.10 Å². The number of quaternary nitrogens is 1. The van der Waals surface area contributed by atoms with Gasteiger partial charge in [-0.25, -0.2) is 4.39 Å². The Bertz CT molecular complexity index is 820. The Morgan fingerprint density at radius 2 is 1.86 bits per heavy atom. The third-order valence-corrected chi connectivity index (χ3v) is 5.19. The number of benzene rings is 2. The first-order chi connectivity index (χ1) is 14.0. The van der Waals surface area contributed by atoms with Crippen LogP contribution >= 0.6 is 0 Å². The molecule has 7 heteroatoms. The molecule has 0 bridgehead atoms. The van der Waals surface area contributed by atoms with E-state index in [0.717, 1.165) is 31.9 Å². The standard InChI is InChI=1S/C22H27FN2O4/c1-16(26)17-3-8-21(22(13-17)28-2)29-15-20(27)14-24-9-11-25(12-10-24)19-6-4-18(23)5-7-19/h3-8,13,20,27H,9-12,14-15H2,1-2H3/p+1/t20-/m0/s1. The number of hydrogen-bond acceptors (Lipinski definition) is 5. The second kappa shape index (κ2) is 9.71. The van der Waals surface area contributed by atoms with E-state index in [-0.39, 0.29) is 18.2 Å². The van der Waals surface area contributed by atoms with Crippen molar-refractivity contribution in [1.29, 1.82) is 0 Å². The molecule has 1 aliphatic rings. The summed E-state index contributed by atoms with van der Waals surface area (Å²) in [5, 5.41) is 10.4. The van der Waals surface area contributed by atoms with Crippen LogP contribution < -0.4 is 19.3 Å². The van der Waals surface area contributed by atoms with Crippen molar-refractivity contribution in [3.63, 3.8) is 0 Å². The van der Waals surface area contributed by atoms with E-state index in [1.165, 1.54) is 31.1 Å². The lowest BCUT2D eigenvalue weighted by molar-refractivity contribution is -0.903. The molecule has 156 valence electrons. The summed E-state index contributed by atoms with van der Waals surface area (Å²) in [5.41, 5.74) is 1.58.